The molecule has 0 amide bonds. The molecule has 1 aliphatic heterocycles. The molecule has 2 N–H and O–H groups in total. The second-order valence-corrected chi connectivity index (χ2v) is 19.0. The van der Waals surface area contributed by atoms with Gasteiger partial charge in [0.2, 0.25) is 5.90 Å². The highest BCUT2D eigenvalue weighted by Gasteiger charge is 2.41. The van der Waals surface area contributed by atoms with Crippen LogP contribution in [-0.4, -0.2) is 77.8 Å². The number of alkyl halides is 7. The summed E-state index contributed by atoms with van der Waals surface area (Å²) in [5, 5.41) is 20.2. The largest absolute Gasteiger partial charge is 0.573 e. The lowest BCUT2D eigenvalue weighted by Gasteiger charge is -2.13. The van der Waals surface area contributed by atoms with E-state index in [9.17, 15) is 55.7 Å². The number of pyridine rings is 2. The number of rotatable bonds is 14. The molecule has 77 heavy (non-hydrogen) atoms. The summed E-state index contributed by atoms with van der Waals surface area (Å²) in [7, 11) is 2.92. The van der Waals surface area contributed by atoms with E-state index >= 15 is 0 Å². The topological polar surface area (TPSA) is 221 Å². The third kappa shape index (κ3) is 14.0. The molecule has 26 heteroatoms. The number of aliphatic imine (C=N–C) groups is 1. The van der Waals surface area contributed by atoms with E-state index in [1.807, 2.05) is 38.2 Å². The lowest BCUT2D eigenvalue weighted by Crippen LogP contribution is -2.41. The van der Waals surface area contributed by atoms with E-state index in [1.165, 1.54) is 57.6 Å². The Morgan fingerprint density at radius 1 is 0.649 bits per heavy atom. The predicted octanol–water partition coefficient (Wildman–Crippen LogP) is 7.41. The fraction of sp³-hybridized carbons (Fsp3) is 0.373. The quantitative estimate of drug-likeness (QED) is 0.0801. The van der Waals surface area contributed by atoms with Crippen LogP contribution in [0.2, 0.25) is 0 Å². The maximum atomic E-state index is 13.6. The number of aryl methyl sites for hydroxylation is 3. The first kappa shape index (κ1) is 55.5. The first-order valence-corrected chi connectivity index (χ1v) is 24.3. The highest BCUT2D eigenvalue weighted by atomic mass is 35.5. The van der Waals surface area contributed by atoms with Gasteiger partial charge in [0.25, 0.3) is 11.1 Å². The Morgan fingerprint density at radius 2 is 1.14 bits per heavy atom. The van der Waals surface area contributed by atoms with Crippen LogP contribution in [0.25, 0.3) is 11.2 Å². The summed E-state index contributed by atoms with van der Waals surface area (Å²) in [5.41, 5.74) is -0.0905. The van der Waals surface area contributed by atoms with Crippen LogP contribution in [0.3, 0.4) is 0 Å². The van der Waals surface area contributed by atoms with E-state index < -0.39 is 57.9 Å². The van der Waals surface area contributed by atoms with Crippen molar-refractivity contribution in [3.05, 3.63) is 155 Å². The van der Waals surface area contributed by atoms with Crippen molar-refractivity contribution in [2.75, 3.05) is 0 Å². The molecular weight excluding hydrogens is 1050 g/mol. The van der Waals surface area contributed by atoms with Gasteiger partial charge in [0.15, 0.2) is 11.2 Å². The zero-order chi connectivity index (χ0) is 55.6. The van der Waals surface area contributed by atoms with Crippen LogP contribution in [0.4, 0.5) is 32.2 Å². The Balaban J connectivity index is 0.000000178. The van der Waals surface area contributed by atoms with E-state index in [4.69, 9.17) is 21.1 Å². The van der Waals surface area contributed by atoms with E-state index in [2.05, 4.69) is 29.4 Å². The second kappa shape index (κ2) is 22.1. The molecule has 0 radical (unpaired) electrons. The van der Waals surface area contributed by atoms with Gasteiger partial charge in [-0.25, -0.2) is 9.59 Å². The van der Waals surface area contributed by atoms with Crippen molar-refractivity contribution in [1.29, 1.82) is 0 Å². The summed E-state index contributed by atoms with van der Waals surface area (Å²) in [6.45, 7) is 4.00. The van der Waals surface area contributed by atoms with Crippen molar-refractivity contribution in [3.63, 3.8) is 0 Å². The van der Waals surface area contributed by atoms with Crippen LogP contribution < -0.4 is 41.4 Å². The molecule has 10 rings (SSSR count). The molecule has 2 fully saturated rings. The predicted molar refractivity (Wildman–Crippen MR) is 267 cm³/mol. The number of halogens is 7. The normalized spacial score (nSPS) is 14.8. The Hall–Kier alpha value is -7.77. The number of ether oxygens (including phenoxy) is 4. The molecule has 6 heterocycles. The Bertz CT molecular complexity index is 3580. The van der Waals surface area contributed by atoms with Gasteiger partial charge in [0.05, 0.1) is 47.0 Å². The van der Waals surface area contributed by atoms with Gasteiger partial charge in [-0.1, -0.05) is 24.3 Å². The smallest absolute Gasteiger partial charge is 0.442 e. The fourth-order valence-corrected chi connectivity index (χ4v) is 8.08. The number of aliphatic hydroxyl groups is 2. The van der Waals surface area contributed by atoms with Crippen molar-refractivity contribution in [3.8, 4) is 29.0 Å². The van der Waals surface area contributed by atoms with Crippen molar-refractivity contribution in [2.24, 2.45) is 19.1 Å². The monoisotopic (exact) mass is 1100 g/mol. The third-order valence-corrected chi connectivity index (χ3v) is 12.8. The van der Waals surface area contributed by atoms with Crippen LogP contribution in [-0.2, 0) is 46.0 Å². The summed E-state index contributed by atoms with van der Waals surface area (Å²) in [5.74, 6) is -0.218. The van der Waals surface area contributed by atoms with Crippen molar-refractivity contribution >= 4 is 34.5 Å². The number of imidazole rings is 1. The Kier molecular flexibility index (Phi) is 15.9. The van der Waals surface area contributed by atoms with E-state index in [0.717, 1.165) is 44.7 Å². The molecule has 5 aromatic heterocycles. The maximum absolute atomic E-state index is 13.6. The van der Waals surface area contributed by atoms with Crippen LogP contribution in [0, 0.1) is 13.8 Å². The number of hydrogen-bond donors (Lipinski definition) is 2. The Morgan fingerprint density at radius 3 is 1.64 bits per heavy atom. The summed E-state index contributed by atoms with van der Waals surface area (Å²) in [6, 6.07) is 17.2. The summed E-state index contributed by atoms with van der Waals surface area (Å²) in [4.78, 5) is 68.9. The van der Waals surface area contributed by atoms with Crippen LogP contribution in [0.15, 0.2) is 109 Å². The molecule has 408 valence electrons. The van der Waals surface area contributed by atoms with E-state index in [1.54, 1.807) is 12.3 Å². The van der Waals surface area contributed by atoms with Gasteiger partial charge in [0, 0.05) is 51.7 Å². The average Bonchev–Trinajstić information content (AvgIpc) is 4.26. The third-order valence-electron chi connectivity index (χ3n) is 12.5. The zero-order valence-electron chi connectivity index (χ0n) is 41.7. The molecule has 2 aliphatic carbocycles. The standard InChI is InChI=1S/C25H24F3N5O5.C19H18F3N3O5.C7H8ClN/c1-15-6-7-16(29-13-15)14-33-19-20(31(2)23(35)32(21(19)34)11-10-24(36)8-9-24)30-22(33)37-17-4-3-5-18(12-17)38-25(26,27)28;1-24-15-13(16(26)25(17(24)27)8-7-18(28)5-6-18)10-14(23-15)29-11-3-2-4-12(9-11)30-19(20,21)22;1-6-2-3-7(4-8)9-5-6/h3-7,12-13,36H,8-11,14H2,1-2H3;2-4,9,28H,5-8,10H2,1H3;2-3,5H,4H2,1H3. The molecule has 7 aromatic rings. The number of benzene rings is 2. The summed E-state index contributed by atoms with van der Waals surface area (Å²) < 4.78 is 100. The molecule has 2 aromatic carbocycles. The Labute approximate surface area is 437 Å². The minimum Gasteiger partial charge on any atom is -0.442 e. The second-order valence-electron chi connectivity index (χ2n) is 18.7. The number of hydrogen-bond acceptors (Lipinski definition) is 14. The molecule has 19 nitrogen and oxygen atoms in total. The first-order chi connectivity index (χ1) is 36.3. The van der Waals surface area contributed by atoms with Gasteiger partial charge in [-0.2, -0.15) is 9.98 Å². The van der Waals surface area contributed by atoms with Gasteiger partial charge in [0.1, 0.15) is 28.8 Å². The summed E-state index contributed by atoms with van der Waals surface area (Å²) in [6.07, 6.45) is -3.22. The van der Waals surface area contributed by atoms with Gasteiger partial charge in [-0.3, -0.25) is 42.4 Å². The van der Waals surface area contributed by atoms with Gasteiger partial charge < -0.3 is 29.2 Å². The molecular formula is C51H50ClF6N9O10. The van der Waals surface area contributed by atoms with E-state index in [0.29, 0.717) is 43.7 Å². The highest BCUT2D eigenvalue weighted by molar-refractivity contribution is 6.16. The van der Waals surface area contributed by atoms with Crippen molar-refractivity contribution < 1.29 is 55.5 Å². The summed E-state index contributed by atoms with van der Waals surface area (Å²) >= 11 is 5.52. The van der Waals surface area contributed by atoms with Crippen LogP contribution in [0.1, 0.15) is 66.6 Å². The number of aromatic nitrogens is 8. The minimum atomic E-state index is -4.89. The molecule has 0 bridgehead atoms. The number of fused-ring (bicyclic) bond motifs is 2. The fourth-order valence-electron chi connectivity index (χ4n) is 7.93. The van der Waals surface area contributed by atoms with Crippen molar-refractivity contribution in [2.45, 2.75) is 108 Å². The van der Waals surface area contributed by atoms with Crippen molar-refractivity contribution in [1.82, 2.24) is 37.8 Å². The van der Waals surface area contributed by atoms with Gasteiger partial charge >= 0.3 is 30.1 Å². The highest BCUT2D eigenvalue weighted by Crippen LogP contribution is 2.39. The zero-order valence-corrected chi connectivity index (χ0v) is 42.4. The average molecular weight is 1100 g/mol. The lowest BCUT2D eigenvalue weighted by molar-refractivity contribution is -0.275. The van der Waals surface area contributed by atoms with Crippen LogP contribution in [0.5, 0.6) is 29.0 Å². The molecule has 0 spiro atoms. The maximum Gasteiger partial charge on any atom is 0.573 e. The van der Waals surface area contributed by atoms with Gasteiger partial charge in [-0.05, 0) is 99.9 Å². The molecule has 0 atom stereocenters. The van der Waals surface area contributed by atoms with Gasteiger partial charge in [-0.15, -0.1) is 37.9 Å². The minimum absolute atomic E-state index is 0.0128. The molecule has 2 saturated carbocycles. The lowest BCUT2D eigenvalue weighted by atomic mass is 10.2. The molecule has 3 aliphatic rings. The molecule has 0 unspecified atom stereocenters. The van der Waals surface area contributed by atoms with E-state index in [-0.39, 0.29) is 78.4 Å². The number of nitrogens with zero attached hydrogens (tertiary/aromatic N) is 9. The van der Waals surface area contributed by atoms with Crippen LogP contribution >= 0.6 is 11.6 Å². The SMILES string of the molecule is Cc1ccc(CCl)nc1.Cc1ccc(Cn2c(Oc3cccc(OC(F)(F)F)c3)nc3c2c(=O)n(CCC2(O)CC2)c(=O)n3C)nc1.Cn1c2c(c(=O)n(CCC3(O)CC3)c1=O)CC(Oc1cccc(OC(F)(F)F)c1)=N2. The first-order valence-electron chi connectivity index (χ1n) is 23.8. The molecule has 0 saturated heterocycles.